The second-order valence-electron chi connectivity index (χ2n) is 12.9. The minimum atomic E-state index is -5.88. The Morgan fingerprint density at radius 2 is 1.48 bits per heavy atom. The molecule has 2 aromatic carbocycles. The highest BCUT2D eigenvalue weighted by molar-refractivity contribution is 5.89. The number of hydrogen-bond donors (Lipinski definition) is 0. The number of benzene rings is 2. The fourth-order valence-electron chi connectivity index (χ4n) is 5.40. The van der Waals surface area contributed by atoms with E-state index in [0.717, 1.165) is 74.1 Å². The Morgan fingerprint density at radius 3 is 2.08 bits per heavy atom. The van der Waals surface area contributed by atoms with Gasteiger partial charge in [0, 0.05) is 34.8 Å². The lowest BCUT2D eigenvalue weighted by molar-refractivity contribution is -0.574. The fraction of sp³-hybridized carbons (Fsp3) is 0.541. The van der Waals surface area contributed by atoms with Crippen LogP contribution in [0.1, 0.15) is 77.8 Å². The van der Waals surface area contributed by atoms with E-state index in [4.69, 9.17) is 4.74 Å². The fourth-order valence-corrected chi connectivity index (χ4v) is 5.40. The number of hydrogen-bond acceptors (Lipinski definition) is 6. The third-order valence-corrected chi connectivity index (χ3v) is 7.83. The molecule has 0 saturated carbocycles. The van der Waals surface area contributed by atoms with Crippen LogP contribution in [-0.4, -0.2) is 48.6 Å². The van der Waals surface area contributed by atoms with Crippen LogP contribution in [0.4, 0.5) is 35.1 Å². The van der Waals surface area contributed by atoms with Crippen molar-refractivity contribution in [2.24, 2.45) is 5.92 Å². The monoisotopic (exact) mass is 751 g/mol. The molecule has 0 saturated heterocycles. The number of nitrogens with zero attached hydrogens (tertiary/aromatic N) is 1. The topological polar surface area (TPSA) is 68.2 Å². The summed E-state index contributed by atoms with van der Waals surface area (Å²) in [6, 6.07) is 12.8. The molecule has 0 amide bonds. The predicted molar refractivity (Wildman–Crippen MR) is 178 cm³/mol. The first-order valence-corrected chi connectivity index (χ1v) is 17.0. The van der Waals surface area contributed by atoms with E-state index in [2.05, 4.69) is 71.4 Å². The summed E-state index contributed by atoms with van der Waals surface area (Å²) >= 11 is 0. The molecule has 3 aromatic rings. The zero-order chi connectivity index (χ0) is 38.9. The van der Waals surface area contributed by atoms with Crippen molar-refractivity contribution in [1.82, 2.24) is 4.57 Å². The number of unbranched alkanes of at least 4 members (excludes halogenated alkanes) is 2. The molecule has 0 fully saturated rings. The van der Waals surface area contributed by atoms with Crippen molar-refractivity contribution in [2.45, 2.75) is 111 Å². The van der Waals surface area contributed by atoms with Crippen molar-refractivity contribution >= 4 is 16.9 Å². The van der Waals surface area contributed by atoms with Gasteiger partial charge in [0.05, 0.1) is 5.52 Å². The summed E-state index contributed by atoms with van der Waals surface area (Å²) in [5.74, 6) is -1.17. The first-order valence-electron chi connectivity index (χ1n) is 17.0. The van der Waals surface area contributed by atoms with Crippen molar-refractivity contribution < 1.29 is 63.6 Å². The van der Waals surface area contributed by atoms with Crippen LogP contribution in [0.15, 0.2) is 54.6 Å². The van der Waals surface area contributed by atoms with E-state index in [1.165, 1.54) is 17.7 Å². The van der Waals surface area contributed by atoms with Crippen LogP contribution in [0.3, 0.4) is 0 Å². The zero-order valence-electron chi connectivity index (χ0n) is 29.8. The van der Waals surface area contributed by atoms with Crippen molar-refractivity contribution in [1.29, 1.82) is 0 Å². The van der Waals surface area contributed by atoms with Crippen LogP contribution < -0.4 is 4.74 Å². The summed E-state index contributed by atoms with van der Waals surface area (Å²) in [5, 5.41) is 0.761. The number of aromatic nitrogens is 1. The van der Waals surface area contributed by atoms with Crippen LogP contribution in [0.25, 0.3) is 22.2 Å². The summed E-state index contributed by atoms with van der Waals surface area (Å²) in [6.07, 6.45) is -15.0. The molecule has 0 unspecified atom stereocenters. The molecule has 0 aliphatic rings. The van der Waals surface area contributed by atoms with Crippen molar-refractivity contribution in [3.05, 3.63) is 65.7 Å². The molecule has 0 bridgehead atoms. The van der Waals surface area contributed by atoms with E-state index in [0.29, 0.717) is 18.0 Å². The molecule has 15 heteroatoms. The van der Waals surface area contributed by atoms with E-state index < -0.39 is 44.0 Å². The lowest BCUT2D eigenvalue weighted by Crippen LogP contribution is -2.46. The van der Waals surface area contributed by atoms with Gasteiger partial charge in [-0.3, -0.25) is 0 Å². The highest BCUT2D eigenvalue weighted by Crippen LogP contribution is 2.38. The van der Waals surface area contributed by atoms with Gasteiger partial charge >= 0.3 is 30.8 Å². The Bertz CT molecular complexity index is 1660. The average molecular weight is 752 g/mol. The van der Waals surface area contributed by atoms with Crippen molar-refractivity contribution in [3.8, 4) is 17.0 Å². The van der Waals surface area contributed by atoms with E-state index in [1.807, 2.05) is 10.6 Å². The quantitative estimate of drug-likeness (QED) is 0.0335. The van der Waals surface area contributed by atoms with Crippen LogP contribution in [0.5, 0.6) is 5.75 Å². The van der Waals surface area contributed by atoms with E-state index >= 15 is 0 Å². The molecule has 52 heavy (non-hydrogen) atoms. The third-order valence-electron chi connectivity index (χ3n) is 7.83. The van der Waals surface area contributed by atoms with Crippen molar-refractivity contribution in [2.75, 3.05) is 13.2 Å². The van der Waals surface area contributed by atoms with Crippen LogP contribution >= 0.6 is 0 Å². The summed E-state index contributed by atoms with van der Waals surface area (Å²) in [4.78, 5) is 11.2. The molecule has 7 nitrogen and oxygen atoms in total. The first-order chi connectivity index (χ1) is 24.2. The molecular formula is C37H45F8NO6. The average Bonchev–Trinajstić information content (AvgIpc) is 3.38. The summed E-state index contributed by atoms with van der Waals surface area (Å²) < 4.78 is 132. The van der Waals surface area contributed by atoms with Crippen LogP contribution in [0.2, 0.25) is 0 Å². The lowest BCUT2D eigenvalue weighted by atomic mass is 9.97. The van der Waals surface area contributed by atoms with Crippen molar-refractivity contribution in [3.63, 3.8) is 0 Å². The largest absolute Gasteiger partial charge is 0.496 e. The second-order valence-corrected chi connectivity index (χ2v) is 12.9. The number of alkyl halides is 8. The van der Waals surface area contributed by atoms with Gasteiger partial charge in [-0.2, -0.15) is 17.6 Å². The minimum absolute atomic E-state index is 0.172. The second kappa shape index (κ2) is 17.9. The van der Waals surface area contributed by atoms with E-state index in [-0.39, 0.29) is 11.3 Å². The number of carbonyl (C=O) groups excluding carboxylic acids is 1. The lowest BCUT2D eigenvalue weighted by Gasteiger charge is -2.27. The summed E-state index contributed by atoms with van der Waals surface area (Å²) in [5.41, 5.74) is 4.54. The van der Waals surface area contributed by atoms with E-state index in [9.17, 15) is 39.9 Å². The maximum atomic E-state index is 14.5. The van der Waals surface area contributed by atoms with Crippen LogP contribution in [0, 0.1) is 5.92 Å². The Labute approximate surface area is 297 Å². The highest BCUT2D eigenvalue weighted by Gasteiger charge is 2.57. The zero-order valence-corrected chi connectivity index (χ0v) is 29.8. The SMILES string of the molecule is C=C(C)C(=O)OCC(F)(F)OC(F)(F)OC(F)(F)OC(F)(F)COc1ccc2cc(-c3ccc(CCCCC)cc3CC)n(CCCC(C)C)c2c1. The molecule has 0 radical (unpaired) electrons. The molecule has 0 aliphatic heterocycles. The minimum Gasteiger partial charge on any atom is -0.484 e. The maximum absolute atomic E-state index is 14.5. The first kappa shape index (κ1) is 42.7. The van der Waals surface area contributed by atoms with Gasteiger partial charge in [-0.05, 0) is 74.3 Å². The third kappa shape index (κ3) is 13.1. The molecule has 0 atom stereocenters. The van der Waals surface area contributed by atoms with Gasteiger partial charge in [-0.15, -0.1) is 17.6 Å². The summed E-state index contributed by atoms with van der Waals surface area (Å²) in [7, 11) is 0. The Hall–Kier alpha value is -3.69. The molecule has 0 N–H and O–H groups in total. The number of rotatable bonds is 22. The van der Waals surface area contributed by atoms with Gasteiger partial charge in [0.25, 0.3) is 0 Å². The van der Waals surface area contributed by atoms with Gasteiger partial charge in [-0.1, -0.05) is 65.3 Å². The van der Waals surface area contributed by atoms with Gasteiger partial charge in [-0.25, -0.2) is 19.0 Å². The Kier molecular flexibility index (Phi) is 14.7. The number of halogens is 8. The molecule has 3 rings (SSSR count). The van der Waals surface area contributed by atoms with Crippen LogP contribution in [-0.2, 0) is 43.1 Å². The number of esters is 1. The molecule has 0 aliphatic carbocycles. The Balaban J connectivity index is 1.79. The summed E-state index contributed by atoms with van der Waals surface area (Å²) in [6.45, 7) is 9.08. The number of fused-ring (bicyclic) bond motifs is 1. The predicted octanol–water partition coefficient (Wildman–Crippen LogP) is 10.9. The van der Waals surface area contributed by atoms with E-state index in [1.54, 1.807) is 6.07 Å². The number of carbonyl (C=O) groups is 1. The Morgan fingerprint density at radius 1 is 0.827 bits per heavy atom. The highest BCUT2D eigenvalue weighted by atomic mass is 19.3. The number of ether oxygens (including phenoxy) is 5. The molecule has 0 spiro atoms. The van der Waals surface area contributed by atoms with Gasteiger partial charge in [0.1, 0.15) is 5.75 Å². The van der Waals surface area contributed by atoms with Gasteiger partial charge in [0.15, 0.2) is 13.2 Å². The molecule has 1 heterocycles. The number of aryl methyl sites for hydroxylation is 3. The van der Waals surface area contributed by atoms with Gasteiger partial charge in [0.2, 0.25) is 0 Å². The molecule has 1 aromatic heterocycles. The van der Waals surface area contributed by atoms with Gasteiger partial charge < -0.3 is 14.0 Å². The molecule has 290 valence electrons. The normalized spacial score (nSPS) is 12.9. The standard InChI is InChI=1S/C37H45F8NO6/c1-7-9-10-13-26-14-17-30(27(8-2)19-26)32-20-28-15-16-29(21-31(28)46(32)18-11-12-24(3)4)48-22-34(38,39)50-36(42,43)52-37(44,45)51-35(40,41)23-49-33(47)25(5)6/h14-17,19-21,24H,5,7-13,18,22-23H2,1-4,6H3. The smallest absolute Gasteiger partial charge is 0.484 e. The maximum Gasteiger partial charge on any atom is 0.496 e. The molecular weight excluding hydrogens is 706 g/mol.